The summed E-state index contributed by atoms with van der Waals surface area (Å²) in [6.07, 6.45) is 1.67. The Morgan fingerprint density at radius 3 is 2.59 bits per heavy atom. The van der Waals surface area contributed by atoms with Crippen molar-refractivity contribution in [2.45, 2.75) is 25.7 Å². The molecule has 1 saturated heterocycles. The number of nitrogens with two attached hydrogens (primary N) is 1. The number of amides is 1. The topological polar surface area (TPSA) is 72.6 Å². The smallest absolute Gasteiger partial charge is 0.310 e. The van der Waals surface area contributed by atoms with Crippen molar-refractivity contribution in [3.05, 3.63) is 71.3 Å². The van der Waals surface area contributed by atoms with Crippen LogP contribution in [0.1, 0.15) is 40.7 Å². The maximum atomic E-state index is 12.4. The Bertz CT molecular complexity index is 837. The first-order valence-corrected chi connectivity index (χ1v) is 10.2. The monoisotopic (exact) mass is 394 g/mol. The third-order valence-electron chi connectivity index (χ3n) is 5.93. The first-order chi connectivity index (χ1) is 14.0. The summed E-state index contributed by atoms with van der Waals surface area (Å²) in [6, 6.07) is 17.7. The summed E-state index contributed by atoms with van der Waals surface area (Å²) >= 11 is 0. The average Bonchev–Trinajstić information content (AvgIpc) is 2.73. The number of benzene rings is 2. The molecule has 29 heavy (non-hydrogen) atoms. The number of hydrogen-bond donors (Lipinski definition) is 1. The number of esters is 1. The Kier molecular flexibility index (Phi) is 7.04. The Morgan fingerprint density at radius 2 is 1.93 bits per heavy atom. The van der Waals surface area contributed by atoms with Gasteiger partial charge < -0.3 is 15.4 Å². The molecule has 0 radical (unpaired) electrons. The number of carbonyl (C=O) groups is 2. The Labute approximate surface area is 172 Å². The van der Waals surface area contributed by atoms with E-state index in [1.807, 2.05) is 30.3 Å². The van der Waals surface area contributed by atoms with Gasteiger partial charge in [0.15, 0.2) is 0 Å². The number of primary amides is 1. The fourth-order valence-electron chi connectivity index (χ4n) is 4.41. The Balaban J connectivity index is 1.65. The van der Waals surface area contributed by atoms with Gasteiger partial charge in [0.2, 0.25) is 5.91 Å². The van der Waals surface area contributed by atoms with Crippen LogP contribution in [0.2, 0.25) is 0 Å². The van der Waals surface area contributed by atoms with Crippen molar-refractivity contribution in [2.24, 2.45) is 17.6 Å². The molecule has 0 aliphatic carbocycles. The second-order valence-electron chi connectivity index (χ2n) is 8.03. The van der Waals surface area contributed by atoms with Gasteiger partial charge >= 0.3 is 5.97 Å². The van der Waals surface area contributed by atoms with E-state index in [4.69, 9.17) is 10.5 Å². The molecule has 2 N–H and O–H groups in total. The van der Waals surface area contributed by atoms with Crippen molar-refractivity contribution in [1.29, 1.82) is 0 Å². The molecular weight excluding hydrogens is 364 g/mol. The third kappa shape index (κ3) is 5.45. The highest BCUT2D eigenvalue weighted by Crippen LogP contribution is 2.33. The number of piperidine rings is 1. The molecule has 5 nitrogen and oxygen atoms in total. The minimum atomic E-state index is -0.390. The first-order valence-electron chi connectivity index (χ1n) is 10.2. The van der Waals surface area contributed by atoms with Crippen LogP contribution in [0.3, 0.4) is 0 Å². The zero-order valence-electron chi connectivity index (χ0n) is 17.2. The van der Waals surface area contributed by atoms with Gasteiger partial charge in [0.05, 0.1) is 13.0 Å². The largest absolute Gasteiger partial charge is 0.469 e. The lowest BCUT2D eigenvalue weighted by molar-refractivity contribution is -0.146. The summed E-state index contributed by atoms with van der Waals surface area (Å²) in [6.45, 7) is 4.75. The first kappa shape index (κ1) is 21.1. The molecule has 1 fully saturated rings. The summed E-state index contributed by atoms with van der Waals surface area (Å²) in [7, 11) is 1.46. The highest BCUT2D eigenvalue weighted by Gasteiger charge is 2.30. The van der Waals surface area contributed by atoms with Crippen molar-refractivity contribution in [2.75, 3.05) is 26.7 Å². The van der Waals surface area contributed by atoms with Gasteiger partial charge in [-0.05, 0) is 54.5 Å². The van der Waals surface area contributed by atoms with E-state index in [0.29, 0.717) is 30.4 Å². The molecule has 1 aliphatic rings. The van der Waals surface area contributed by atoms with Crippen LogP contribution in [0.5, 0.6) is 0 Å². The second kappa shape index (κ2) is 9.70. The zero-order valence-corrected chi connectivity index (χ0v) is 17.2. The third-order valence-corrected chi connectivity index (χ3v) is 5.93. The average molecular weight is 395 g/mol. The van der Waals surface area contributed by atoms with E-state index in [9.17, 15) is 9.59 Å². The molecule has 2 aromatic carbocycles. The van der Waals surface area contributed by atoms with E-state index in [1.54, 1.807) is 6.07 Å². The number of nitrogens with zero attached hydrogens (tertiary/aromatic N) is 1. The fourth-order valence-corrected chi connectivity index (χ4v) is 4.41. The van der Waals surface area contributed by atoms with Gasteiger partial charge in [0, 0.05) is 18.7 Å². The summed E-state index contributed by atoms with van der Waals surface area (Å²) < 4.78 is 5.07. The summed E-state index contributed by atoms with van der Waals surface area (Å²) in [4.78, 5) is 26.2. The number of methoxy groups -OCH3 is 1. The molecule has 2 aromatic rings. The number of rotatable bonds is 7. The van der Waals surface area contributed by atoms with Crippen LogP contribution in [-0.2, 0) is 16.0 Å². The molecule has 0 spiro atoms. The van der Waals surface area contributed by atoms with E-state index in [2.05, 4.69) is 30.0 Å². The Morgan fingerprint density at radius 1 is 1.17 bits per heavy atom. The molecule has 0 aromatic heterocycles. The molecule has 1 amide bonds. The minimum Gasteiger partial charge on any atom is -0.469 e. The lowest BCUT2D eigenvalue weighted by Crippen LogP contribution is -2.43. The van der Waals surface area contributed by atoms with E-state index in [1.165, 1.54) is 12.7 Å². The van der Waals surface area contributed by atoms with Crippen LogP contribution in [0.4, 0.5) is 0 Å². The van der Waals surface area contributed by atoms with Gasteiger partial charge in [0.1, 0.15) is 0 Å². The molecule has 0 saturated carbocycles. The zero-order chi connectivity index (χ0) is 20.8. The number of likely N-dealkylation sites (tertiary alicyclic amines) is 1. The highest BCUT2D eigenvalue weighted by molar-refractivity contribution is 5.92. The van der Waals surface area contributed by atoms with Crippen LogP contribution < -0.4 is 5.73 Å². The van der Waals surface area contributed by atoms with E-state index < -0.39 is 5.91 Å². The lowest BCUT2D eigenvalue weighted by atomic mass is 9.80. The molecule has 1 heterocycles. The van der Waals surface area contributed by atoms with E-state index in [0.717, 1.165) is 25.1 Å². The van der Waals surface area contributed by atoms with Gasteiger partial charge in [-0.3, -0.25) is 9.59 Å². The van der Waals surface area contributed by atoms with Gasteiger partial charge in [0.25, 0.3) is 0 Å². The van der Waals surface area contributed by atoms with Crippen molar-refractivity contribution in [3.8, 4) is 0 Å². The standard InChI is InChI=1S/C24H30N2O3/c1-17-15-26(12-11-22(17)19-9-6-10-20(14-19)23(25)27)16-21(24(28)29-2)13-18-7-4-3-5-8-18/h3-10,14,17,21-22H,11-13,15-16H2,1-2H3,(H2,25,27). The number of hydrogen-bond acceptors (Lipinski definition) is 4. The van der Waals surface area contributed by atoms with Crippen LogP contribution in [0.15, 0.2) is 54.6 Å². The number of ether oxygens (including phenoxy) is 1. The lowest BCUT2D eigenvalue weighted by Gasteiger charge is -2.38. The molecule has 0 bridgehead atoms. The normalized spacial score (nSPS) is 20.8. The molecule has 5 heteroatoms. The predicted octanol–water partition coefficient (Wildman–Crippen LogP) is 3.24. The second-order valence-corrected chi connectivity index (χ2v) is 8.03. The van der Waals surface area contributed by atoms with Gasteiger partial charge in [-0.15, -0.1) is 0 Å². The van der Waals surface area contributed by atoms with Crippen LogP contribution >= 0.6 is 0 Å². The minimum absolute atomic E-state index is 0.155. The van der Waals surface area contributed by atoms with Gasteiger partial charge in [-0.25, -0.2) is 0 Å². The van der Waals surface area contributed by atoms with Gasteiger partial charge in [-0.1, -0.05) is 49.4 Å². The van der Waals surface area contributed by atoms with Crippen molar-refractivity contribution >= 4 is 11.9 Å². The molecule has 154 valence electrons. The number of carbonyl (C=O) groups excluding carboxylic acids is 2. The molecular formula is C24H30N2O3. The summed E-state index contributed by atoms with van der Waals surface area (Å²) in [5.41, 5.74) is 8.31. The van der Waals surface area contributed by atoms with E-state index >= 15 is 0 Å². The predicted molar refractivity (Wildman–Crippen MR) is 114 cm³/mol. The fraction of sp³-hybridized carbons (Fsp3) is 0.417. The van der Waals surface area contributed by atoms with Crippen molar-refractivity contribution < 1.29 is 14.3 Å². The Hall–Kier alpha value is -2.66. The van der Waals surface area contributed by atoms with Crippen molar-refractivity contribution in [1.82, 2.24) is 4.90 Å². The molecule has 1 aliphatic heterocycles. The highest BCUT2D eigenvalue weighted by atomic mass is 16.5. The molecule has 3 unspecified atom stereocenters. The maximum Gasteiger partial charge on any atom is 0.310 e. The molecule has 3 rings (SSSR count). The van der Waals surface area contributed by atoms with E-state index in [-0.39, 0.29) is 11.9 Å². The van der Waals surface area contributed by atoms with Crippen molar-refractivity contribution in [3.63, 3.8) is 0 Å². The van der Waals surface area contributed by atoms with Gasteiger partial charge in [-0.2, -0.15) is 0 Å². The van der Waals surface area contributed by atoms with Crippen LogP contribution in [-0.4, -0.2) is 43.5 Å². The van der Waals surface area contributed by atoms with Crippen LogP contribution in [0.25, 0.3) is 0 Å². The maximum absolute atomic E-state index is 12.4. The quantitative estimate of drug-likeness (QED) is 0.732. The SMILES string of the molecule is COC(=O)C(Cc1ccccc1)CN1CCC(c2cccc(C(N)=O)c2)C(C)C1. The summed E-state index contributed by atoms with van der Waals surface area (Å²) in [5, 5.41) is 0. The van der Waals surface area contributed by atoms with Crippen LogP contribution in [0, 0.1) is 11.8 Å². The summed E-state index contributed by atoms with van der Waals surface area (Å²) in [5.74, 6) is 0.0825. The molecule has 3 atom stereocenters.